The number of fused-ring (bicyclic) bond motifs is 1. The van der Waals surface area contributed by atoms with Crippen molar-refractivity contribution in [3.05, 3.63) is 82.9 Å². The summed E-state index contributed by atoms with van der Waals surface area (Å²) in [4.78, 5) is 24.8. The molecule has 0 radical (unpaired) electrons. The van der Waals surface area contributed by atoms with Crippen LogP contribution in [0.15, 0.2) is 66.0 Å². The molecular weight excluding hydrogens is 309 g/mol. The maximum Gasteiger partial charge on any atom is 0.276 e. The minimum absolute atomic E-state index is 0.222. The lowest BCUT2D eigenvalue weighted by Crippen LogP contribution is -2.32. The molecule has 0 aliphatic heterocycles. The molecule has 0 saturated heterocycles. The Balaban J connectivity index is 2.26. The van der Waals surface area contributed by atoms with Crippen molar-refractivity contribution in [2.24, 2.45) is 0 Å². The minimum atomic E-state index is -0.582. The van der Waals surface area contributed by atoms with Gasteiger partial charge in [0.05, 0.1) is 16.6 Å². The SMILES string of the molecule is C=CCNC(=O)c1nn(-c2ccc(F)cc2)c2ccccc2c1=O. The lowest BCUT2D eigenvalue weighted by Gasteiger charge is -2.12. The molecule has 3 rings (SSSR count). The number of nitrogens with zero attached hydrogens (tertiary/aromatic N) is 2. The van der Waals surface area contributed by atoms with E-state index in [0.29, 0.717) is 16.6 Å². The molecule has 0 atom stereocenters. The molecule has 0 unspecified atom stereocenters. The molecular formula is C18H14FN3O2. The Morgan fingerprint density at radius 3 is 2.62 bits per heavy atom. The number of hydrogen-bond donors (Lipinski definition) is 1. The van der Waals surface area contributed by atoms with E-state index in [9.17, 15) is 14.0 Å². The Bertz CT molecular complexity index is 978. The number of rotatable bonds is 4. The topological polar surface area (TPSA) is 64.0 Å². The fraction of sp³-hybridized carbons (Fsp3) is 0.0556. The van der Waals surface area contributed by atoms with Crippen molar-refractivity contribution >= 4 is 16.8 Å². The molecule has 5 nitrogen and oxygen atoms in total. The van der Waals surface area contributed by atoms with E-state index in [4.69, 9.17) is 0 Å². The van der Waals surface area contributed by atoms with Crippen LogP contribution in [0.2, 0.25) is 0 Å². The van der Waals surface area contributed by atoms with Crippen molar-refractivity contribution in [2.45, 2.75) is 0 Å². The Labute approximate surface area is 137 Å². The first-order valence-corrected chi connectivity index (χ1v) is 7.29. The van der Waals surface area contributed by atoms with Crippen LogP contribution in [0.3, 0.4) is 0 Å². The van der Waals surface area contributed by atoms with Gasteiger partial charge in [0.15, 0.2) is 5.69 Å². The zero-order valence-electron chi connectivity index (χ0n) is 12.7. The molecule has 3 aromatic rings. The Kier molecular flexibility index (Phi) is 4.20. The van der Waals surface area contributed by atoms with Gasteiger partial charge >= 0.3 is 0 Å². The van der Waals surface area contributed by atoms with Gasteiger partial charge < -0.3 is 5.32 Å². The molecule has 1 N–H and O–H groups in total. The van der Waals surface area contributed by atoms with Gasteiger partial charge in [-0.15, -0.1) is 6.58 Å². The molecule has 1 aromatic heterocycles. The van der Waals surface area contributed by atoms with Crippen molar-refractivity contribution < 1.29 is 9.18 Å². The standard InChI is InChI=1S/C18H14FN3O2/c1-2-11-20-18(24)16-17(23)14-5-3-4-6-15(14)22(21-16)13-9-7-12(19)8-10-13/h2-10H,1,11H2,(H,20,24). The number of benzene rings is 2. The second kappa shape index (κ2) is 6.45. The fourth-order valence-electron chi connectivity index (χ4n) is 2.35. The molecule has 1 amide bonds. The third-order valence-corrected chi connectivity index (χ3v) is 3.49. The van der Waals surface area contributed by atoms with Crippen LogP contribution in [0.5, 0.6) is 0 Å². The smallest absolute Gasteiger partial charge is 0.276 e. The van der Waals surface area contributed by atoms with Gasteiger partial charge in [0.25, 0.3) is 5.91 Å². The van der Waals surface area contributed by atoms with Crippen molar-refractivity contribution in [2.75, 3.05) is 6.54 Å². The maximum atomic E-state index is 13.2. The third-order valence-electron chi connectivity index (χ3n) is 3.49. The highest BCUT2D eigenvalue weighted by Gasteiger charge is 2.17. The number of amides is 1. The second-order valence-corrected chi connectivity index (χ2v) is 5.08. The molecule has 0 aliphatic carbocycles. The van der Waals surface area contributed by atoms with Gasteiger partial charge in [-0.2, -0.15) is 5.10 Å². The number of nitrogens with one attached hydrogen (secondary N) is 1. The van der Waals surface area contributed by atoms with E-state index in [1.165, 1.54) is 35.0 Å². The lowest BCUT2D eigenvalue weighted by atomic mass is 10.2. The van der Waals surface area contributed by atoms with E-state index in [1.807, 2.05) is 0 Å². The van der Waals surface area contributed by atoms with Gasteiger partial charge in [-0.05, 0) is 36.4 Å². The first kappa shape index (κ1) is 15.6. The summed E-state index contributed by atoms with van der Waals surface area (Å²) in [7, 11) is 0. The average Bonchev–Trinajstić information content (AvgIpc) is 2.61. The normalized spacial score (nSPS) is 10.5. The predicted molar refractivity (Wildman–Crippen MR) is 89.8 cm³/mol. The number of aromatic nitrogens is 2. The van der Waals surface area contributed by atoms with E-state index >= 15 is 0 Å². The molecule has 0 aliphatic rings. The van der Waals surface area contributed by atoms with Crippen LogP contribution in [-0.4, -0.2) is 22.2 Å². The molecule has 0 fully saturated rings. The predicted octanol–water partition coefficient (Wildman–Crippen LogP) is 2.44. The Hall–Kier alpha value is -3.28. The van der Waals surface area contributed by atoms with E-state index in [1.54, 1.807) is 24.3 Å². The highest BCUT2D eigenvalue weighted by Crippen LogP contribution is 2.16. The zero-order valence-corrected chi connectivity index (χ0v) is 12.7. The minimum Gasteiger partial charge on any atom is -0.347 e. The summed E-state index contributed by atoms with van der Waals surface area (Å²) in [6, 6.07) is 12.5. The molecule has 0 bridgehead atoms. The summed E-state index contributed by atoms with van der Waals surface area (Å²) in [5, 5.41) is 7.10. The van der Waals surface area contributed by atoms with Crippen LogP contribution in [0.4, 0.5) is 4.39 Å². The van der Waals surface area contributed by atoms with Crippen molar-refractivity contribution in [1.29, 1.82) is 0 Å². The van der Waals surface area contributed by atoms with Gasteiger partial charge in [0.1, 0.15) is 5.82 Å². The zero-order chi connectivity index (χ0) is 17.1. The lowest BCUT2D eigenvalue weighted by molar-refractivity contribution is 0.0950. The van der Waals surface area contributed by atoms with Gasteiger partial charge in [-0.1, -0.05) is 18.2 Å². The van der Waals surface area contributed by atoms with E-state index < -0.39 is 11.3 Å². The molecule has 120 valence electrons. The van der Waals surface area contributed by atoms with E-state index in [2.05, 4.69) is 17.0 Å². The van der Waals surface area contributed by atoms with Gasteiger partial charge in [0, 0.05) is 6.54 Å². The number of halogens is 1. The molecule has 2 aromatic carbocycles. The Morgan fingerprint density at radius 1 is 1.21 bits per heavy atom. The number of carbonyl (C=O) groups excluding carboxylic acids is 1. The number of para-hydroxylation sites is 1. The number of carbonyl (C=O) groups is 1. The summed E-state index contributed by atoms with van der Waals surface area (Å²) in [6.45, 7) is 3.74. The quantitative estimate of drug-likeness (QED) is 0.750. The van der Waals surface area contributed by atoms with Crippen LogP contribution in [0.1, 0.15) is 10.5 Å². The van der Waals surface area contributed by atoms with Crippen molar-refractivity contribution in [3.63, 3.8) is 0 Å². The monoisotopic (exact) mass is 323 g/mol. The van der Waals surface area contributed by atoms with Crippen molar-refractivity contribution in [1.82, 2.24) is 15.1 Å². The molecule has 0 spiro atoms. The highest BCUT2D eigenvalue weighted by atomic mass is 19.1. The van der Waals surface area contributed by atoms with Gasteiger partial charge in [-0.3, -0.25) is 9.59 Å². The fourth-order valence-corrected chi connectivity index (χ4v) is 2.35. The van der Waals surface area contributed by atoms with Crippen LogP contribution < -0.4 is 10.7 Å². The third kappa shape index (κ3) is 2.81. The molecule has 0 saturated carbocycles. The molecule has 1 heterocycles. The summed E-state index contributed by atoms with van der Waals surface area (Å²) in [5.74, 6) is -0.963. The van der Waals surface area contributed by atoms with Crippen LogP contribution in [0.25, 0.3) is 16.6 Å². The Morgan fingerprint density at radius 2 is 1.92 bits per heavy atom. The first-order chi connectivity index (χ1) is 11.6. The van der Waals surface area contributed by atoms with E-state index in [0.717, 1.165) is 0 Å². The summed E-state index contributed by atoms with van der Waals surface area (Å²) in [6.07, 6.45) is 1.51. The second-order valence-electron chi connectivity index (χ2n) is 5.08. The van der Waals surface area contributed by atoms with Crippen LogP contribution >= 0.6 is 0 Å². The van der Waals surface area contributed by atoms with Crippen molar-refractivity contribution in [3.8, 4) is 5.69 Å². The maximum absolute atomic E-state index is 13.2. The van der Waals surface area contributed by atoms with E-state index in [-0.39, 0.29) is 18.1 Å². The van der Waals surface area contributed by atoms with Gasteiger partial charge in [-0.25, -0.2) is 9.07 Å². The number of hydrogen-bond acceptors (Lipinski definition) is 3. The largest absolute Gasteiger partial charge is 0.347 e. The van der Waals surface area contributed by atoms with Gasteiger partial charge in [0.2, 0.25) is 5.43 Å². The first-order valence-electron chi connectivity index (χ1n) is 7.29. The highest BCUT2D eigenvalue weighted by molar-refractivity contribution is 5.95. The summed E-state index contributed by atoms with van der Waals surface area (Å²) < 4.78 is 14.6. The molecule has 6 heteroatoms. The van der Waals surface area contributed by atoms with Crippen LogP contribution in [0, 0.1) is 5.82 Å². The molecule has 24 heavy (non-hydrogen) atoms. The summed E-state index contributed by atoms with van der Waals surface area (Å²) in [5.41, 5.74) is 0.408. The summed E-state index contributed by atoms with van der Waals surface area (Å²) >= 11 is 0. The van der Waals surface area contributed by atoms with Crippen LogP contribution in [-0.2, 0) is 0 Å². The average molecular weight is 323 g/mol.